The molecule has 0 aliphatic carbocycles. The lowest BCUT2D eigenvalue weighted by atomic mass is 10.1. The van der Waals surface area contributed by atoms with Crippen molar-refractivity contribution in [3.05, 3.63) is 73.2 Å². The molecule has 0 radical (unpaired) electrons. The van der Waals surface area contributed by atoms with Gasteiger partial charge in [0, 0.05) is 33.8 Å². The third kappa shape index (κ3) is 4.43. The number of rotatable bonds is 5. The maximum atomic E-state index is 12.1. The van der Waals surface area contributed by atoms with Gasteiger partial charge in [-0.1, -0.05) is 29.3 Å². The topological polar surface area (TPSA) is 72.2 Å². The molecule has 7 heteroatoms. The summed E-state index contributed by atoms with van der Waals surface area (Å²) in [5.74, 6) is -0.284. The molecule has 2 aromatic carbocycles. The average molecular weight is 353 g/mol. The van der Waals surface area contributed by atoms with Crippen LogP contribution in [0.2, 0.25) is 10.0 Å². The van der Waals surface area contributed by atoms with Gasteiger partial charge < -0.3 is 5.32 Å². The maximum Gasteiger partial charge on any atom is 0.272 e. The van der Waals surface area contributed by atoms with Crippen molar-refractivity contribution in [3.63, 3.8) is 0 Å². The van der Waals surface area contributed by atoms with Crippen LogP contribution in [0.1, 0.15) is 21.5 Å². The smallest absolute Gasteiger partial charge is 0.272 e. The van der Waals surface area contributed by atoms with Gasteiger partial charge in [0.25, 0.3) is 11.6 Å². The van der Waals surface area contributed by atoms with Crippen molar-refractivity contribution in [1.82, 2.24) is 5.32 Å². The summed E-state index contributed by atoms with van der Waals surface area (Å²) in [6, 6.07) is 9.48. The molecule has 120 valence electrons. The van der Waals surface area contributed by atoms with Gasteiger partial charge in [0.2, 0.25) is 0 Å². The number of benzene rings is 2. The number of nitrogens with zero attached hydrogens (tertiary/aromatic N) is 1. The first-order valence-corrected chi connectivity index (χ1v) is 7.61. The molecule has 0 fully saturated rings. The number of amides is 1. The average Bonchev–Trinajstić information content (AvgIpc) is 2.48. The molecule has 1 amide bonds. The molecule has 0 bridgehead atoms. The highest BCUT2D eigenvalue weighted by molar-refractivity contribution is 6.35. The Morgan fingerprint density at radius 2 is 1.96 bits per heavy atom. The quantitative estimate of drug-likeness (QED) is 0.647. The number of halogens is 2. The Hall–Kier alpha value is -2.11. The molecule has 0 aliphatic rings. The van der Waals surface area contributed by atoms with Crippen LogP contribution in [-0.4, -0.2) is 17.4 Å². The van der Waals surface area contributed by atoms with E-state index in [1.54, 1.807) is 19.1 Å². The van der Waals surface area contributed by atoms with E-state index in [0.717, 1.165) is 5.56 Å². The van der Waals surface area contributed by atoms with Crippen molar-refractivity contribution in [1.29, 1.82) is 0 Å². The van der Waals surface area contributed by atoms with E-state index in [4.69, 9.17) is 23.2 Å². The molecule has 2 rings (SSSR count). The summed E-state index contributed by atoms with van der Waals surface area (Å²) < 4.78 is 0. The summed E-state index contributed by atoms with van der Waals surface area (Å²) in [6.07, 6.45) is 0.563. The van der Waals surface area contributed by atoms with E-state index in [9.17, 15) is 14.9 Å². The summed E-state index contributed by atoms with van der Waals surface area (Å²) in [5.41, 5.74) is 1.71. The van der Waals surface area contributed by atoms with Gasteiger partial charge in [-0.15, -0.1) is 0 Å². The van der Waals surface area contributed by atoms with Crippen LogP contribution in [0, 0.1) is 17.0 Å². The van der Waals surface area contributed by atoms with Crippen molar-refractivity contribution in [2.75, 3.05) is 6.54 Å². The second-order valence-electron chi connectivity index (χ2n) is 5.00. The summed E-state index contributed by atoms with van der Waals surface area (Å²) in [5, 5.41) is 14.6. The molecule has 1 N–H and O–H groups in total. The Kier molecular flexibility index (Phi) is 5.58. The zero-order valence-electron chi connectivity index (χ0n) is 12.3. The van der Waals surface area contributed by atoms with E-state index >= 15 is 0 Å². The fourth-order valence-electron chi connectivity index (χ4n) is 2.14. The summed E-state index contributed by atoms with van der Waals surface area (Å²) in [7, 11) is 0. The molecule has 23 heavy (non-hydrogen) atoms. The largest absolute Gasteiger partial charge is 0.352 e. The Morgan fingerprint density at radius 3 is 2.57 bits per heavy atom. The molecule has 0 heterocycles. The molecule has 0 aliphatic heterocycles. The zero-order chi connectivity index (χ0) is 17.0. The Morgan fingerprint density at radius 1 is 1.22 bits per heavy atom. The molecule has 0 aromatic heterocycles. The summed E-state index contributed by atoms with van der Waals surface area (Å²) >= 11 is 11.9. The van der Waals surface area contributed by atoms with Crippen molar-refractivity contribution < 1.29 is 9.72 Å². The van der Waals surface area contributed by atoms with Gasteiger partial charge in [-0.2, -0.15) is 0 Å². The van der Waals surface area contributed by atoms with Crippen molar-refractivity contribution in [2.45, 2.75) is 13.3 Å². The fraction of sp³-hybridized carbons (Fsp3) is 0.188. The Balaban J connectivity index is 1.97. The Labute approximate surface area is 143 Å². The van der Waals surface area contributed by atoms with Crippen molar-refractivity contribution in [2.24, 2.45) is 0 Å². The monoisotopic (exact) mass is 352 g/mol. The molecule has 0 spiro atoms. The third-order valence-corrected chi connectivity index (χ3v) is 3.94. The van der Waals surface area contributed by atoms with E-state index in [2.05, 4.69) is 5.32 Å². The van der Waals surface area contributed by atoms with Gasteiger partial charge in [-0.05, 0) is 43.2 Å². The molecule has 0 unspecified atom stereocenters. The number of carbonyl (C=O) groups excluding carboxylic acids is 1. The summed E-state index contributed by atoms with van der Waals surface area (Å²) in [4.78, 5) is 22.4. The third-order valence-electron chi connectivity index (χ3n) is 3.35. The highest BCUT2D eigenvalue weighted by atomic mass is 35.5. The molecule has 5 nitrogen and oxygen atoms in total. The predicted molar refractivity (Wildman–Crippen MR) is 90.3 cm³/mol. The molecular formula is C16H14Cl2N2O3. The van der Waals surface area contributed by atoms with Gasteiger partial charge in [0.05, 0.1) is 4.92 Å². The molecule has 0 saturated heterocycles. The van der Waals surface area contributed by atoms with Crippen LogP contribution in [0.4, 0.5) is 5.69 Å². The van der Waals surface area contributed by atoms with Crippen LogP contribution in [0.3, 0.4) is 0 Å². The lowest BCUT2D eigenvalue weighted by molar-refractivity contribution is -0.385. The number of aryl methyl sites for hydroxylation is 1. The van der Waals surface area contributed by atoms with Crippen LogP contribution in [-0.2, 0) is 6.42 Å². The highest BCUT2D eigenvalue weighted by Crippen LogP contribution is 2.21. The zero-order valence-corrected chi connectivity index (χ0v) is 13.8. The van der Waals surface area contributed by atoms with Crippen LogP contribution >= 0.6 is 23.2 Å². The SMILES string of the molecule is Cc1cc(C(=O)NCCc2ccc(Cl)cc2Cl)ccc1[N+](=O)[O-]. The lowest BCUT2D eigenvalue weighted by Crippen LogP contribution is -2.25. The van der Waals surface area contributed by atoms with Crippen LogP contribution in [0.25, 0.3) is 0 Å². The van der Waals surface area contributed by atoms with E-state index < -0.39 is 4.92 Å². The fourth-order valence-corrected chi connectivity index (χ4v) is 2.64. The predicted octanol–water partition coefficient (Wildman–Crippen LogP) is 4.18. The molecule has 2 aromatic rings. The van der Waals surface area contributed by atoms with Crippen LogP contribution < -0.4 is 5.32 Å². The normalized spacial score (nSPS) is 10.4. The van der Waals surface area contributed by atoms with Gasteiger partial charge in [-0.25, -0.2) is 0 Å². The van der Waals surface area contributed by atoms with Crippen LogP contribution in [0.5, 0.6) is 0 Å². The number of hydrogen-bond donors (Lipinski definition) is 1. The summed E-state index contributed by atoms with van der Waals surface area (Å²) in [6.45, 7) is 2.00. The van der Waals surface area contributed by atoms with E-state index in [0.29, 0.717) is 34.1 Å². The minimum atomic E-state index is -0.473. The molecule has 0 atom stereocenters. The number of hydrogen-bond acceptors (Lipinski definition) is 3. The highest BCUT2D eigenvalue weighted by Gasteiger charge is 2.13. The van der Waals surface area contributed by atoms with Crippen LogP contribution in [0.15, 0.2) is 36.4 Å². The minimum absolute atomic E-state index is 0.00510. The lowest BCUT2D eigenvalue weighted by Gasteiger charge is -2.08. The van der Waals surface area contributed by atoms with Gasteiger partial charge in [0.15, 0.2) is 0 Å². The van der Waals surface area contributed by atoms with Crippen molar-refractivity contribution in [3.8, 4) is 0 Å². The second kappa shape index (κ2) is 7.44. The number of nitrogens with one attached hydrogen (secondary N) is 1. The second-order valence-corrected chi connectivity index (χ2v) is 5.84. The number of carbonyl (C=O) groups is 1. The maximum absolute atomic E-state index is 12.1. The molecular weight excluding hydrogens is 339 g/mol. The van der Waals surface area contributed by atoms with E-state index in [-0.39, 0.29) is 11.6 Å². The first-order valence-electron chi connectivity index (χ1n) is 6.85. The number of nitro benzene ring substituents is 1. The number of nitro groups is 1. The first-order chi connectivity index (χ1) is 10.9. The van der Waals surface area contributed by atoms with Gasteiger partial charge in [-0.3, -0.25) is 14.9 Å². The van der Waals surface area contributed by atoms with Crippen molar-refractivity contribution >= 4 is 34.8 Å². The standard InChI is InChI=1S/C16H14Cl2N2O3/c1-10-8-12(3-5-15(10)20(22)23)16(21)19-7-6-11-2-4-13(17)9-14(11)18/h2-5,8-9H,6-7H2,1H3,(H,19,21). The van der Waals surface area contributed by atoms with Gasteiger partial charge >= 0.3 is 0 Å². The van der Waals surface area contributed by atoms with E-state index in [1.807, 2.05) is 6.07 Å². The minimum Gasteiger partial charge on any atom is -0.352 e. The van der Waals surface area contributed by atoms with E-state index in [1.165, 1.54) is 18.2 Å². The Bertz CT molecular complexity index is 763. The molecule has 0 saturated carbocycles. The first kappa shape index (κ1) is 17.2. The van der Waals surface area contributed by atoms with Gasteiger partial charge in [0.1, 0.15) is 0 Å².